The van der Waals surface area contributed by atoms with Gasteiger partial charge in [0, 0.05) is 6.54 Å². The second kappa shape index (κ2) is 2.86. The van der Waals surface area contributed by atoms with Crippen LogP contribution in [0.3, 0.4) is 0 Å². The molecule has 0 radical (unpaired) electrons. The van der Waals surface area contributed by atoms with Crippen LogP contribution in [-0.4, -0.2) is 10.1 Å². The molecule has 0 atom stereocenters. The first-order valence-corrected chi connectivity index (χ1v) is 3.16. The predicted molar refractivity (Wildman–Crippen MR) is 38.8 cm³/mol. The molecule has 0 saturated heterocycles. The van der Waals surface area contributed by atoms with Crippen LogP contribution < -0.4 is 5.73 Å². The van der Waals surface area contributed by atoms with Crippen LogP contribution in [0.2, 0.25) is 5.15 Å². The number of pyridine rings is 1. The van der Waals surface area contributed by atoms with Crippen molar-refractivity contribution in [2.45, 2.75) is 6.54 Å². The molecule has 1 heterocycles. The second-order valence-electron chi connectivity index (χ2n) is 1.80. The maximum absolute atomic E-state index is 9.03. The Bertz CT molecular complexity index is 239. The summed E-state index contributed by atoms with van der Waals surface area (Å²) in [4.78, 5) is 3.78. The normalized spacial score (nSPS) is 9.80. The summed E-state index contributed by atoms with van der Waals surface area (Å²) in [6.45, 7) is 0.201. The third-order valence-electron chi connectivity index (χ3n) is 1.11. The molecule has 3 N–H and O–H groups in total. The van der Waals surface area contributed by atoms with Gasteiger partial charge in [-0.15, -0.1) is 0 Å². The van der Waals surface area contributed by atoms with Crippen LogP contribution in [-0.2, 0) is 6.54 Å². The molecule has 1 aromatic heterocycles. The summed E-state index contributed by atoms with van der Waals surface area (Å²) in [5.74, 6) is 0.0897. The molecule has 0 fully saturated rings. The van der Waals surface area contributed by atoms with E-state index in [1.54, 1.807) is 0 Å². The van der Waals surface area contributed by atoms with Crippen molar-refractivity contribution in [2.24, 2.45) is 5.73 Å². The van der Waals surface area contributed by atoms with Gasteiger partial charge in [-0.05, 0) is 12.1 Å². The first-order valence-electron chi connectivity index (χ1n) is 2.78. The van der Waals surface area contributed by atoms with Gasteiger partial charge in [0.15, 0.2) is 0 Å². The molecular formula is C6H7ClN2O. The summed E-state index contributed by atoms with van der Waals surface area (Å²) in [7, 11) is 0. The SMILES string of the molecule is NCc1nc(Cl)ccc1O. The minimum absolute atomic E-state index is 0.0897. The average Bonchev–Trinajstić information content (AvgIpc) is 1.94. The predicted octanol–water partition coefficient (Wildman–Crippen LogP) is 0.899. The van der Waals surface area contributed by atoms with Crippen molar-refractivity contribution < 1.29 is 5.11 Å². The van der Waals surface area contributed by atoms with Gasteiger partial charge in [0.2, 0.25) is 0 Å². The average molecular weight is 159 g/mol. The quantitative estimate of drug-likeness (QED) is 0.597. The Balaban J connectivity index is 3.09. The van der Waals surface area contributed by atoms with Gasteiger partial charge in [0.25, 0.3) is 0 Å². The fourth-order valence-corrected chi connectivity index (χ4v) is 0.783. The first-order chi connectivity index (χ1) is 4.74. The largest absolute Gasteiger partial charge is 0.506 e. The minimum Gasteiger partial charge on any atom is -0.506 e. The smallest absolute Gasteiger partial charge is 0.138 e. The summed E-state index contributed by atoms with van der Waals surface area (Å²) in [5, 5.41) is 9.38. The van der Waals surface area contributed by atoms with Crippen molar-refractivity contribution in [1.82, 2.24) is 4.98 Å². The summed E-state index contributed by atoms with van der Waals surface area (Å²) >= 11 is 5.52. The Labute approximate surface area is 63.5 Å². The highest BCUT2D eigenvalue weighted by Crippen LogP contribution is 2.16. The van der Waals surface area contributed by atoms with E-state index in [2.05, 4.69) is 4.98 Å². The number of halogens is 1. The molecule has 0 aliphatic carbocycles. The topological polar surface area (TPSA) is 59.1 Å². The molecule has 0 amide bonds. The van der Waals surface area contributed by atoms with Crippen molar-refractivity contribution in [1.29, 1.82) is 0 Å². The highest BCUT2D eigenvalue weighted by Gasteiger charge is 1.99. The van der Waals surface area contributed by atoms with Crippen LogP contribution >= 0.6 is 11.6 Å². The van der Waals surface area contributed by atoms with E-state index >= 15 is 0 Å². The van der Waals surface area contributed by atoms with Crippen LogP contribution in [0.5, 0.6) is 5.75 Å². The Morgan fingerprint density at radius 1 is 1.60 bits per heavy atom. The van der Waals surface area contributed by atoms with Crippen molar-refractivity contribution in [3.8, 4) is 5.75 Å². The highest BCUT2D eigenvalue weighted by atomic mass is 35.5. The van der Waals surface area contributed by atoms with E-state index in [-0.39, 0.29) is 12.3 Å². The van der Waals surface area contributed by atoms with Gasteiger partial charge >= 0.3 is 0 Å². The van der Waals surface area contributed by atoms with Crippen LogP contribution in [0.1, 0.15) is 5.69 Å². The first kappa shape index (κ1) is 7.31. The van der Waals surface area contributed by atoms with Crippen LogP contribution in [0, 0.1) is 0 Å². The highest BCUT2D eigenvalue weighted by molar-refractivity contribution is 6.29. The molecule has 54 valence electrons. The van der Waals surface area contributed by atoms with Crippen molar-refractivity contribution in [2.75, 3.05) is 0 Å². The lowest BCUT2D eigenvalue weighted by Gasteiger charge is -1.98. The van der Waals surface area contributed by atoms with Gasteiger partial charge in [-0.3, -0.25) is 0 Å². The van der Waals surface area contributed by atoms with Gasteiger partial charge in [-0.2, -0.15) is 0 Å². The molecule has 1 aromatic rings. The van der Waals surface area contributed by atoms with Gasteiger partial charge in [-0.25, -0.2) is 4.98 Å². The van der Waals surface area contributed by atoms with Gasteiger partial charge in [0.05, 0.1) is 5.69 Å². The zero-order valence-corrected chi connectivity index (χ0v) is 5.97. The second-order valence-corrected chi connectivity index (χ2v) is 2.19. The molecule has 0 spiro atoms. The Hall–Kier alpha value is -0.800. The lowest BCUT2D eigenvalue weighted by Crippen LogP contribution is -1.99. The number of aromatic nitrogens is 1. The number of nitrogens with zero attached hydrogens (tertiary/aromatic N) is 1. The van der Waals surface area contributed by atoms with Crippen LogP contribution in [0.4, 0.5) is 0 Å². The number of aromatic hydroxyl groups is 1. The van der Waals surface area contributed by atoms with Crippen molar-refractivity contribution in [3.05, 3.63) is 23.0 Å². The standard InChI is InChI=1S/C6H7ClN2O/c7-6-2-1-5(10)4(3-8)9-6/h1-2,10H,3,8H2. The summed E-state index contributed by atoms with van der Waals surface area (Å²) in [6, 6.07) is 2.98. The molecule has 10 heavy (non-hydrogen) atoms. The molecule has 0 aromatic carbocycles. The maximum Gasteiger partial charge on any atom is 0.138 e. The summed E-state index contributed by atoms with van der Waals surface area (Å²) in [6.07, 6.45) is 0. The molecule has 0 aliphatic rings. The van der Waals surface area contributed by atoms with Gasteiger partial charge < -0.3 is 10.8 Å². The van der Waals surface area contributed by atoms with E-state index in [9.17, 15) is 0 Å². The Morgan fingerprint density at radius 3 is 2.80 bits per heavy atom. The number of nitrogens with two attached hydrogens (primary N) is 1. The third kappa shape index (κ3) is 1.37. The van der Waals surface area contributed by atoms with Crippen molar-refractivity contribution in [3.63, 3.8) is 0 Å². The van der Waals surface area contributed by atoms with E-state index in [0.717, 1.165) is 0 Å². The molecule has 4 heteroatoms. The van der Waals surface area contributed by atoms with Crippen LogP contribution in [0.15, 0.2) is 12.1 Å². The zero-order chi connectivity index (χ0) is 7.56. The van der Waals surface area contributed by atoms with E-state index in [1.165, 1.54) is 12.1 Å². The Kier molecular flexibility index (Phi) is 2.09. The monoisotopic (exact) mass is 158 g/mol. The maximum atomic E-state index is 9.03. The van der Waals surface area contributed by atoms with E-state index in [0.29, 0.717) is 10.8 Å². The summed E-state index contributed by atoms with van der Waals surface area (Å²) < 4.78 is 0. The minimum atomic E-state index is 0.0897. The van der Waals surface area contributed by atoms with E-state index in [1.807, 2.05) is 0 Å². The lowest BCUT2D eigenvalue weighted by atomic mass is 10.3. The summed E-state index contributed by atoms with van der Waals surface area (Å²) in [5.41, 5.74) is 5.66. The van der Waals surface area contributed by atoms with Crippen molar-refractivity contribution >= 4 is 11.6 Å². The molecule has 0 bridgehead atoms. The van der Waals surface area contributed by atoms with E-state index < -0.39 is 0 Å². The molecule has 3 nitrogen and oxygen atoms in total. The number of hydrogen-bond acceptors (Lipinski definition) is 3. The lowest BCUT2D eigenvalue weighted by molar-refractivity contribution is 0.464. The van der Waals surface area contributed by atoms with Gasteiger partial charge in [-0.1, -0.05) is 11.6 Å². The fraction of sp³-hybridized carbons (Fsp3) is 0.167. The van der Waals surface area contributed by atoms with Crippen LogP contribution in [0.25, 0.3) is 0 Å². The molecular weight excluding hydrogens is 152 g/mol. The molecule has 0 saturated carbocycles. The molecule has 0 unspecified atom stereocenters. The Morgan fingerprint density at radius 2 is 2.30 bits per heavy atom. The number of rotatable bonds is 1. The molecule has 1 rings (SSSR count). The zero-order valence-electron chi connectivity index (χ0n) is 5.21. The van der Waals surface area contributed by atoms with E-state index in [4.69, 9.17) is 22.4 Å². The van der Waals surface area contributed by atoms with Gasteiger partial charge in [0.1, 0.15) is 10.9 Å². The fourth-order valence-electron chi connectivity index (χ4n) is 0.618. The molecule has 0 aliphatic heterocycles. The third-order valence-corrected chi connectivity index (χ3v) is 1.32. The number of hydrogen-bond donors (Lipinski definition) is 2.